The maximum absolute atomic E-state index is 15.8. The number of alkyl halides is 1. The largest absolute Gasteiger partial charge is 0.507 e. The molecule has 1 aliphatic carbocycles. The number of aromatic nitrogens is 4. The first-order chi connectivity index (χ1) is 16.9. The van der Waals surface area contributed by atoms with Gasteiger partial charge in [0.05, 0.1) is 24.0 Å². The number of hydrogen-bond donors (Lipinski definition) is 2. The predicted molar refractivity (Wildman–Crippen MR) is 131 cm³/mol. The molecule has 2 aliphatic heterocycles. The van der Waals surface area contributed by atoms with Crippen molar-refractivity contribution in [2.24, 2.45) is 0 Å². The minimum atomic E-state index is -0.995. The number of hydrogen-bond acceptors (Lipinski definition) is 9. The number of nitrogens with one attached hydrogen (secondary N) is 1. The molecular formula is C25H26FN7OS. The summed E-state index contributed by atoms with van der Waals surface area (Å²) < 4.78 is 15.8. The molecule has 4 heterocycles. The van der Waals surface area contributed by atoms with Gasteiger partial charge in [-0.25, -0.2) is 14.4 Å². The van der Waals surface area contributed by atoms with E-state index in [4.69, 9.17) is 5.26 Å². The van der Waals surface area contributed by atoms with E-state index < -0.39 is 11.7 Å². The molecule has 4 atom stereocenters. The fourth-order valence-corrected chi connectivity index (χ4v) is 6.32. The molecule has 3 aliphatic rings. The molecule has 0 spiro atoms. The molecule has 8 nitrogen and oxygen atoms in total. The summed E-state index contributed by atoms with van der Waals surface area (Å²) in [6, 6.07) is 7.54. The number of rotatable bonds is 5. The number of phenolic OH excluding ortho intramolecular Hbond substituents is 1. The summed E-state index contributed by atoms with van der Waals surface area (Å²) in [5.74, 6) is 0.902. The Morgan fingerprint density at radius 1 is 1.23 bits per heavy atom. The average Bonchev–Trinajstić information content (AvgIpc) is 3.57. The number of anilines is 1. The summed E-state index contributed by atoms with van der Waals surface area (Å²) >= 11 is 1.26. The summed E-state index contributed by atoms with van der Waals surface area (Å²) in [6.45, 7) is 2.01. The van der Waals surface area contributed by atoms with Gasteiger partial charge in [-0.05, 0) is 57.6 Å². The number of benzene rings is 1. The van der Waals surface area contributed by atoms with Crippen molar-refractivity contribution in [1.29, 1.82) is 5.26 Å². The zero-order valence-corrected chi connectivity index (χ0v) is 20.2. The van der Waals surface area contributed by atoms with Crippen LogP contribution in [0.3, 0.4) is 0 Å². The Morgan fingerprint density at radius 2 is 2.09 bits per heavy atom. The fraction of sp³-hybridized carbons (Fsp3) is 0.480. The second kappa shape index (κ2) is 8.50. The lowest BCUT2D eigenvalue weighted by Crippen LogP contribution is -2.69. The van der Waals surface area contributed by atoms with E-state index in [1.165, 1.54) is 17.5 Å². The highest BCUT2D eigenvalue weighted by atomic mass is 32.1. The van der Waals surface area contributed by atoms with Crippen molar-refractivity contribution in [2.45, 2.75) is 75.3 Å². The maximum atomic E-state index is 15.8. The third-order valence-electron chi connectivity index (χ3n) is 7.47. The van der Waals surface area contributed by atoms with Crippen LogP contribution in [-0.2, 0) is 0 Å². The Kier molecular flexibility index (Phi) is 5.42. The standard InChI is InChI=1S/C25H26FN7OS/c1-25-8-2-3-15(30-25)10-19(22(25)26)33(16-5-6-16)21-13-28-23(32-31-21)18-7-4-14(9-20(18)34)24-29-12-17(11-27)35-24/h4,7,9,12-13,15-16,19,22,30,34H,2-3,5-6,8,10H2,1H3/t15-,19+,22+,25-/m1/s1. The first-order valence-corrected chi connectivity index (χ1v) is 12.9. The van der Waals surface area contributed by atoms with Crippen LogP contribution in [0.4, 0.5) is 10.2 Å². The molecule has 0 amide bonds. The third kappa shape index (κ3) is 4.02. The van der Waals surface area contributed by atoms with Gasteiger partial charge in [-0.15, -0.1) is 21.5 Å². The van der Waals surface area contributed by atoms with Crippen LogP contribution in [0.1, 0.15) is 50.3 Å². The monoisotopic (exact) mass is 491 g/mol. The average molecular weight is 492 g/mol. The Hall–Kier alpha value is -3.16. The molecule has 0 unspecified atom stereocenters. The lowest BCUT2D eigenvalue weighted by molar-refractivity contribution is 0.0385. The van der Waals surface area contributed by atoms with Gasteiger partial charge >= 0.3 is 0 Å². The highest BCUT2D eigenvalue weighted by molar-refractivity contribution is 7.15. The molecule has 3 aromatic rings. The molecule has 2 bridgehead atoms. The van der Waals surface area contributed by atoms with Crippen molar-refractivity contribution in [3.05, 3.63) is 35.5 Å². The van der Waals surface area contributed by atoms with E-state index in [1.54, 1.807) is 18.3 Å². The van der Waals surface area contributed by atoms with Crippen LogP contribution in [-0.4, -0.2) is 55.1 Å². The lowest BCUT2D eigenvalue weighted by atomic mass is 9.73. The number of piperidine rings is 2. The number of thiazole rings is 1. The van der Waals surface area contributed by atoms with Crippen molar-refractivity contribution < 1.29 is 9.50 Å². The number of halogens is 1. The minimum absolute atomic E-state index is 0.00716. The number of nitriles is 1. The number of fused-ring (bicyclic) bond motifs is 2. The fourth-order valence-electron chi connectivity index (χ4n) is 5.62. The van der Waals surface area contributed by atoms with Gasteiger partial charge in [-0.2, -0.15) is 5.26 Å². The van der Waals surface area contributed by atoms with Crippen LogP contribution in [0.5, 0.6) is 5.75 Å². The molecule has 3 fully saturated rings. The summed E-state index contributed by atoms with van der Waals surface area (Å²) in [4.78, 5) is 11.4. The second-order valence-corrected chi connectivity index (χ2v) is 11.0. The molecule has 0 radical (unpaired) electrons. The Balaban J connectivity index is 1.26. The van der Waals surface area contributed by atoms with Gasteiger partial charge in [-0.1, -0.05) is 6.07 Å². The van der Waals surface area contributed by atoms with Crippen LogP contribution in [0.15, 0.2) is 30.6 Å². The molecular weight excluding hydrogens is 465 g/mol. The highest BCUT2D eigenvalue weighted by Gasteiger charge is 2.52. The Labute approximate surface area is 206 Å². The number of phenols is 1. The first kappa shape index (κ1) is 22.3. The Bertz CT molecular complexity index is 1290. The second-order valence-electron chi connectivity index (χ2n) is 10.0. The molecule has 10 heteroatoms. The van der Waals surface area contributed by atoms with E-state index >= 15 is 4.39 Å². The summed E-state index contributed by atoms with van der Waals surface area (Å²) in [7, 11) is 0. The van der Waals surface area contributed by atoms with Gasteiger partial charge in [0.2, 0.25) is 0 Å². The van der Waals surface area contributed by atoms with E-state index in [2.05, 4.69) is 36.5 Å². The van der Waals surface area contributed by atoms with E-state index in [9.17, 15) is 5.11 Å². The van der Waals surface area contributed by atoms with E-state index in [0.717, 1.165) is 38.5 Å². The summed E-state index contributed by atoms with van der Waals surface area (Å²) in [6.07, 6.45) is 7.95. The van der Waals surface area contributed by atoms with Gasteiger partial charge in [0.15, 0.2) is 11.6 Å². The van der Waals surface area contributed by atoms with Crippen molar-refractivity contribution in [2.75, 3.05) is 4.90 Å². The molecule has 2 aromatic heterocycles. The zero-order chi connectivity index (χ0) is 24.2. The first-order valence-electron chi connectivity index (χ1n) is 12.0. The maximum Gasteiger partial charge on any atom is 0.185 e. The molecule has 2 N–H and O–H groups in total. The summed E-state index contributed by atoms with van der Waals surface area (Å²) in [5, 5.41) is 32.6. The van der Waals surface area contributed by atoms with E-state index in [-0.39, 0.29) is 17.8 Å². The van der Waals surface area contributed by atoms with Crippen LogP contribution in [0.25, 0.3) is 22.0 Å². The molecule has 180 valence electrons. The number of aromatic hydroxyl groups is 1. The predicted octanol–water partition coefficient (Wildman–Crippen LogP) is 4.22. The van der Waals surface area contributed by atoms with Crippen molar-refractivity contribution >= 4 is 17.2 Å². The van der Waals surface area contributed by atoms with Crippen LogP contribution in [0, 0.1) is 11.3 Å². The van der Waals surface area contributed by atoms with Crippen LogP contribution in [0.2, 0.25) is 0 Å². The van der Waals surface area contributed by atoms with Gasteiger partial charge in [0.1, 0.15) is 27.9 Å². The van der Waals surface area contributed by atoms with E-state index in [0.29, 0.717) is 38.7 Å². The molecule has 2 saturated heterocycles. The highest BCUT2D eigenvalue weighted by Crippen LogP contribution is 2.43. The van der Waals surface area contributed by atoms with Crippen molar-refractivity contribution in [3.8, 4) is 33.8 Å². The minimum Gasteiger partial charge on any atom is -0.507 e. The normalized spacial score (nSPS) is 27.9. The van der Waals surface area contributed by atoms with Gasteiger partial charge in [-0.3, -0.25) is 0 Å². The van der Waals surface area contributed by atoms with Gasteiger partial charge < -0.3 is 15.3 Å². The number of nitrogens with zero attached hydrogens (tertiary/aromatic N) is 6. The lowest BCUT2D eigenvalue weighted by Gasteiger charge is -2.52. The van der Waals surface area contributed by atoms with Gasteiger partial charge in [0.25, 0.3) is 0 Å². The van der Waals surface area contributed by atoms with Crippen LogP contribution < -0.4 is 10.2 Å². The van der Waals surface area contributed by atoms with Crippen LogP contribution >= 0.6 is 11.3 Å². The molecule has 1 aromatic carbocycles. The molecule has 6 rings (SSSR count). The summed E-state index contributed by atoms with van der Waals surface area (Å²) in [5.41, 5.74) is 0.662. The van der Waals surface area contributed by atoms with Crippen molar-refractivity contribution in [3.63, 3.8) is 0 Å². The quantitative estimate of drug-likeness (QED) is 0.546. The van der Waals surface area contributed by atoms with Crippen molar-refractivity contribution in [1.82, 2.24) is 25.5 Å². The topological polar surface area (TPSA) is 111 Å². The Morgan fingerprint density at radius 3 is 2.77 bits per heavy atom. The zero-order valence-electron chi connectivity index (χ0n) is 19.4. The third-order valence-corrected chi connectivity index (χ3v) is 8.42. The van der Waals surface area contributed by atoms with Gasteiger partial charge in [0, 0.05) is 23.2 Å². The van der Waals surface area contributed by atoms with E-state index in [1.807, 2.05) is 13.0 Å². The molecule has 35 heavy (non-hydrogen) atoms. The smallest absolute Gasteiger partial charge is 0.185 e. The SMILES string of the molecule is C[C@@]12CCC[C@H](C[C@H](N(c3cnc(-c4ccc(-c5ncc(C#N)s5)cc4O)nn3)C3CC3)[C@@H]1F)N2. The molecule has 1 saturated carbocycles.